The zero-order valence-corrected chi connectivity index (χ0v) is 12.8. The Hall–Kier alpha value is -1.07. The van der Waals surface area contributed by atoms with Crippen LogP contribution >= 0.6 is 15.9 Å². The molecule has 104 valence electrons. The summed E-state index contributed by atoms with van der Waals surface area (Å²) in [4.78, 5) is 13.9. The van der Waals surface area contributed by atoms with Crippen molar-refractivity contribution in [3.8, 4) is 0 Å². The summed E-state index contributed by atoms with van der Waals surface area (Å²) in [5.41, 5.74) is -0.0120. The SMILES string of the molecule is CC1CC(Nc2ccc(Br)cc2)(C(=O)O)CCN1C. The van der Waals surface area contributed by atoms with Gasteiger partial charge < -0.3 is 15.3 Å². The summed E-state index contributed by atoms with van der Waals surface area (Å²) in [5.74, 6) is -0.768. The Morgan fingerprint density at radius 2 is 2.11 bits per heavy atom. The molecule has 0 aromatic heterocycles. The normalized spacial score (nSPS) is 28.1. The van der Waals surface area contributed by atoms with E-state index in [4.69, 9.17) is 0 Å². The fourth-order valence-corrected chi connectivity index (χ4v) is 2.78. The standard InChI is InChI=1S/C14H19BrN2O2/c1-10-9-14(13(18)19,7-8-17(10)2)16-12-5-3-11(15)4-6-12/h3-6,10,16H,7-9H2,1-2H3,(H,18,19). The molecule has 0 radical (unpaired) electrons. The van der Waals surface area contributed by atoms with Gasteiger partial charge >= 0.3 is 5.97 Å². The van der Waals surface area contributed by atoms with Crippen LogP contribution in [0.3, 0.4) is 0 Å². The molecule has 1 aromatic rings. The van der Waals surface area contributed by atoms with Crippen molar-refractivity contribution in [3.63, 3.8) is 0 Å². The van der Waals surface area contributed by atoms with Crippen molar-refractivity contribution < 1.29 is 9.90 Å². The van der Waals surface area contributed by atoms with E-state index >= 15 is 0 Å². The summed E-state index contributed by atoms with van der Waals surface area (Å²) in [6.45, 7) is 2.86. The predicted molar refractivity (Wildman–Crippen MR) is 79.5 cm³/mol. The van der Waals surface area contributed by atoms with Gasteiger partial charge in [-0.05, 0) is 51.1 Å². The third-order valence-electron chi connectivity index (χ3n) is 3.92. The van der Waals surface area contributed by atoms with Crippen molar-refractivity contribution in [3.05, 3.63) is 28.7 Å². The van der Waals surface area contributed by atoms with E-state index in [2.05, 4.69) is 33.1 Å². The minimum Gasteiger partial charge on any atom is -0.480 e. The van der Waals surface area contributed by atoms with Crippen molar-refractivity contribution in [2.24, 2.45) is 0 Å². The molecule has 0 saturated carbocycles. The number of rotatable bonds is 3. The number of likely N-dealkylation sites (tertiary alicyclic amines) is 1. The van der Waals surface area contributed by atoms with Gasteiger partial charge in [-0.2, -0.15) is 0 Å². The fraction of sp³-hybridized carbons (Fsp3) is 0.500. The number of hydrogen-bond acceptors (Lipinski definition) is 3. The van der Waals surface area contributed by atoms with E-state index in [1.54, 1.807) is 0 Å². The first-order valence-electron chi connectivity index (χ1n) is 6.40. The average Bonchev–Trinajstić information content (AvgIpc) is 2.37. The van der Waals surface area contributed by atoms with Crippen molar-refractivity contribution >= 4 is 27.6 Å². The first kappa shape index (κ1) is 14.3. The fourth-order valence-electron chi connectivity index (χ4n) is 2.52. The second-order valence-corrected chi connectivity index (χ2v) is 6.22. The minimum atomic E-state index is -0.861. The van der Waals surface area contributed by atoms with Crippen molar-refractivity contribution in [2.75, 3.05) is 18.9 Å². The first-order valence-corrected chi connectivity index (χ1v) is 7.20. The smallest absolute Gasteiger partial charge is 0.329 e. The summed E-state index contributed by atoms with van der Waals surface area (Å²) < 4.78 is 0.985. The van der Waals surface area contributed by atoms with Crippen LogP contribution in [0.5, 0.6) is 0 Å². The van der Waals surface area contributed by atoms with Gasteiger partial charge in [-0.15, -0.1) is 0 Å². The van der Waals surface area contributed by atoms with Crippen LogP contribution in [0.15, 0.2) is 28.7 Å². The summed E-state index contributed by atoms with van der Waals surface area (Å²) in [6.07, 6.45) is 1.22. The number of hydrogen-bond donors (Lipinski definition) is 2. The molecule has 2 atom stereocenters. The maximum Gasteiger partial charge on any atom is 0.329 e. The molecular weight excluding hydrogens is 308 g/mol. The van der Waals surface area contributed by atoms with Gasteiger partial charge in [0.2, 0.25) is 0 Å². The molecule has 0 spiro atoms. The summed E-state index contributed by atoms with van der Waals surface area (Å²) in [5, 5.41) is 12.8. The van der Waals surface area contributed by atoms with E-state index in [-0.39, 0.29) is 6.04 Å². The number of anilines is 1. The second kappa shape index (κ2) is 5.51. The third kappa shape index (κ3) is 3.09. The van der Waals surface area contributed by atoms with E-state index < -0.39 is 11.5 Å². The third-order valence-corrected chi connectivity index (χ3v) is 4.45. The van der Waals surface area contributed by atoms with E-state index in [9.17, 15) is 9.90 Å². The Balaban J connectivity index is 2.21. The maximum absolute atomic E-state index is 11.7. The van der Waals surface area contributed by atoms with Crippen LogP contribution in [0, 0.1) is 0 Å². The molecule has 0 aliphatic carbocycles. The summed E-state index contributed by atoms with van der Waals surface area (Å²) >= 11 is 3.38. The second-order valence-electron chi connectivity index (χ2n) is 5.30. The topological polar surface area (TPSA) is 52.6 Å². The highest BCUT2D eigenvalue weighted by molar-refractivity contribution is 9.10. The molecular formula is C14H19BrN2O2. The van der Waals surface area contributed by atoms with Gasteiger partial charge in [0.05, 0.1) is 0 Å². The Bertz CT molecular complexity index is 463. The molecule has 2 N–H and O–H groups in total. The van der Waals surface area contributed by atoms with Crippen molar-refractivity contribution in [1.82, 2.24) is 4.90 Å². The van der Waals surface area contributed by atoms with Crippen molar-refractivity contribution in [2.45, 2.75) is 31.3 Å². The zero-order valence-electron chi connectivity index (χ0n) is 11.2. The largest absolute Gasteiger partial charge is 0.480 e. The van der Waals surface area contributed by atoms with Crippen LogP contribution in [0.25, 0.3) is 0 Å². The Kier molecular flexibility index (Phi) is 4.16. The van der Waals surface area contributed by atoms with E-state index in [0.29, 0.717) is 12.8 Å². The van der Waals surface area contributed by atoms with Gasteiger partial charge in [-0.3, -0.25) is 0 Å². The zero-order chi connectivity index (χ0) is 14.0. The predicted octanol–water partition coefficient (Wildman–Crippen LogP) is 2.80. The Labute approximate surface area is 121 Å². The monoisotopic (exact) mass is 326 g/mol. The quantitative estimate of drug-likeness (QED) is 0.896. The number of nitrogens with zero attached hydrogens (tertiary/aromatic N) is 1. The van der Waals surface area contributed by atoms with Crippen LogP contribution < -0.4 is 5.32 Å². The number of aliphatic carboxylic acids is 1. The molecule has 1 fully saturated rings. The molecule has 1 aliphatic heterocycles. The Morgan fingerprint density at radius 1 is 1.47 bits per heavy atom. The molecule has 4 nitrogen and oxygen atoms in total. The van der Waals surface area contributed by atoms with Gasteiger partial charge in [0.15, 0.2) is 0 Å². The summed E-state index contributed by atoms with van der Waals surface area (Å²) in [7, 11) is 2.04. The number of piperidine rings is 1. The molecule has 1 aromatic carbocycles. The van der Waals surface area contributed by atoms with E-state index in [0.717, 1.165) is 16.7 Å². The van der Waals surface area contributed by atoms with Crippen molar-refractivity contribution in [1.29, 1.82) is 0 Å². The van der Waals surface area contributed by atoms with Gasteiger partial charge in [0, 0.05) is 22.7 Å². The van der Waals surface area contributed by atoms with Crippen LogP contribution in [-0.2, 0) is 4.79 Å². The lowest BCUT2D eigenvalue weighted by molar-refractivity contribution is -0.144. The molecule has 1 heterocycles. The molecule has 2 unspecified atom stereocenters. The van der Waals surface area contributed by atoms with Gasteiger partial charge in [-0.25, -0.2) is 4.79 Å². The average molecular weight is 327 g/mol. The molecule has 0 amide bonds. The van der Waals surface area contributed by atoms with E-state index in [1.807, 2.05) is 31.3 Å². The Morgan fingerprint density at radius 3 is 2.63 bits per heavy atom. The highest BCUT2D eigenvalue weighted by Gasteiger charge is 2.43. The van der Waals surface area contributed by atoms with Crippen LogP contribution in [-0.4, -0.2) is 41.1 Å². The molecule has 1 saturated heterocycles. The van der Waals surface area contributed by atoms with Crippen LogP contribution in [0.1, 0.15) is 19.8 Å². The van der Waals surface area contributed by atoms with E-state index in [1.165, 1.54) is 0 Å². The minimum absolute atomic E-state index is 0.257. The van der Waals surface area contributed by atoms with Crippen LogP contribution in [0.4, 0.5) is 5.69 Å². The number of halogens is 1. The molecule has 19 heavy (non-hydrogen) atoms. The number of carbonyl (C=O) groups is 1. The molecule has 5 heteroatoms. The summed E-state index contributed by atoms with van der Waals surface area (Å²) in [6, 6.07) is 7.88. The molecule has 2 rings (SSSR count). The lowest BCUT2D eigenvalue weighted by atomic mass is 9.83. The number of nitrogens with one attached hydrogen (secondary N) is 1. The number of carboxylic acid groups (broad SMARTS) is 1. The molecule has 0 bridgehead atoms. The lowest BCUT2D eigenvalue weighted by Gasteiger charge is -2.42. The maximum atomic E-state index is 11.7. The van der Waals surface area contributed by atoms with Gasteiger partial charge in [0.25, 0.3) is 0 Å². The molecule has 1 aliphatic rings. The number of carboxylic acids is 1. The van der Waals surface area contributed by atoms with Gasteiger partial charge in [-0.1, -0.05) is 15.9 Å². The highest BCUT2D eigenvalue weighted by atomic mass is 79.9. The first-order chi connectivity index (χ1) is 8.93. The highest BCUT2D eigenvalue weighted by Crippen LogP contribution is 2.30. The number of benzene rings is 1. The lowest BCUT2D eigenvalue weighted by Crippen LogP contribution is -2.56. The van der Waals surface area contributed by atoms with Crippen LogP contribution in [0.2, 0.25) is 0 Å². The van der Waals surface area contributed by atoms with Gasteiger partial charge in [0.1, 0.15) is 5.54 Å².